The van der Waals surface area contributed by atoms with Gasteiger partial charge < -0.3 is 5.32 Å². The van der Waals surface area contributed by atoms with Crippen molar-refractivity contribution in [2.75, 3.05) is 26.2 Å². The van der Waals surface area contributed by atoms with Gasteiger partial charge in [-0.2, -0.15) is 0 Å². The molecule has 1 aliphatic heterocycles. The van der Waals surface area contributed by atoms with Crippen molar-refractivity contribution >= 4 is 34.8 Å². The van der Waals surface area contributed by atoms with Crippen LogP contribution < -0.4 is 5.32 Å². The molecule has 18 heavy (non-hydrogen) atoms. The van der Waals surface area contributed by atoms with E-state index in [-0.39, 0.29) is 6.04 Å². The van der Waals surface area contributed by atoms with Crippen molar-refractivity contribution in [2.24, 2.45) is 0 Å². The first kappa shape index (κ1) is 14.2. The molecule has 1 aromatic rings. The average Bonchev–Trinajstić information content (AvgIpc) is 2.37. The first-order valence-electron chi connectivity index (χ1n) is 5.85. The van der Waals surface area contributed by atoms with E-state index in [1.807, 2.05) is 12.1 Å². The largest absolute Gasteiger partial charge is 0.314 e. The van der Waals surface area contributed by atoms with Gasteiger partial charge in [-0.15, -0.1) is 6.58 Å². The number of hydrogen-bond donors (Lipinski definition) is 1. The Balaban J connectivity index is 2.34. The Hall–Kier alpha value is -0.250. The first-order chi connectivity index (χ1) is 8.63. The fourth-order valence-electron chi connectivity index (χ4n) is 2.22. The van der Waals surface area contributed by atoms with Crippen LogP contribution in [0.15, 0.2) is 24.8 Å². The Morgan fingerprint density at radius 1 is 1.22 bits per heavy atom. The number of rotatable bonds is 3. The van der Waals surface area contributed by atoms with Crippen molar-refractivity contribution in [3.05, 3.63) is 45.4 Å². The lowest BCUT2D eigenvalue weighted by atomic mass is 10.0. The fourth-order valence-corrected chi connectivity index (χ4v) is 2.95. The van der Waals surface area contributed by atoms with Gasteiger partial charge in [0.25, 0.3) is 0 Å². The molecule has 1 N–H and O–H groups in total. The van der Waals surface area contributed by atoms with E-state index in [4.69, 9.17) is 34.8 Å². The third kappa shape index (κ3) is 3.01. The smallest absolute Gasteiger partial charge is 0.0644 e. The zero-order chi connectivity index (χ0) is 13.1. The van der Waals surface area contributed by atoms with Crippen LogP contribution in [0.1, 0.15) is 11.6 Å². The van der Waals surface area contributed by atoms with Gasteiger partial charge in [0.2, 0.25) is 0 Å². The molecule has 0 amide bonds. The molecule has 1 aliphatic rings. The summed E-state index contributed by atoms with van der Waals surface area (Å²) in [4.78, 5) is 2.32. The molecule has 0 bridgehead atoms. The minimum Gasteiger partial charge on any atom is -0.314 e. The lowest BCUT2D eigenvalue weighted by Gasteiger charge is -2.34. The van der Waals surface area contributed by atoms with Crippen LogP contribution in [0.5, 0.6) is 0 Å². The minimum absolute atomic E-state index is 0.0517. The highest BCUT2D eigenvalue weighted by molar-refractivity contribution is 6.43. The van der Waals surface area contributed by atoms with E-state index in [1.165, 1.54) is 0 Å². The van der Waals surface area contributed by atoms with Crippen molar-refractivity contribution in [1.29, 1.82) is 0 Å². The van der Waals surface area contributed by atoms with Crippen LogP contribution in [-0.4, -0.2) is 31.1 Å². The van der Waals surface area contributed by atoms with Crippen LogP contribution >= 0.6 is 34.8 Å². The summed E-state index contributed by atoms with van der Waals surface area (Å²) in [6.45, 7) is 7.75. The van der Waals surface area contributed by atoms with E-state index in [1.54, 1.807) is 6.07 Å². The summed E-state index contributed by atoms with van der Waals surface area (Å²) in [7, 11) is 0. The molecule has 1 saturated heterocycles. The second kappa shape index (κ2) is 6.27. The summed E-state index contributed by atoms with van der Waals surface area (Å²) in [5, 5.41) is 4.97. The molecule has 2 nitrogen and oxygen atoms in total. The van der Waals surface area contributed by atoms with Crippen molar-refractivity contribution < 1.29 is 0 Å². The highest BCUT2D eigenvalue weighted by Crippen LogP contribution is 2.36. The Labute approximate surface area is 123 Å². The molecule has 98 valence electrons. The highest BCUT2D eigenvalue weighted by atomic mass is 35.5. The van der Waals surface area contributed by atoms with Crippen molar-refractivity contribution in [3.63, 3.8) is 0 Å². The zero-order valence-corrected chi connectivity index (χ0v) is 12.2. The molecular formula is C13H15Cl3N2. The Bertz CT molecular complexity index is 442. The van der Waals surface area contributed by atoms with Gasteiger partial charge in [-0.25, -0.2) is 0 Å². The van der Waals surface area contributed by atoms with Crippen molar-refractivity contribution in [3.8, 4) is 0 Å². The van der Waals surface area contributed by atoms with Crippen LogP contribution in [0.25, 0.3) is 0 Å². The van der Waals surface area contributed by atoms with Gasteiger partial charge in [-0.1, -0.05) is 40.9 Å². The molecule has 0 saturated carbocycles. The minimum atomic E-state index is 0.0517. The van der Waals surface area contributed by atoms with Gasteiger partial charge >= 0.3 is 0 Å². The van der Waals surface area contributed by atoms with E-state index in [9.17, 15) is 0 Å². The Morgan fingerprint density at radius 2 is 1.89 bits per heavy atom. The number of nitrogens with one attached hydrogen (secondary N) is 1. The summed E-state index contributed by atoms with van der Waals surface area (Å²) in [6, 6.07) is 3.58. The van der Waals surface area contributed by atoms with Gasteiger partial charge in [-0.3, -0.25) is 4.90 Å². The zero-order valence-electron chi connectivity index (χ0n) is 9.93. The number of piperazine rings is 1. The number of halogens is 3. The maximum absolute atomic E-state index is 6.28. The standard InChI is InChI=1S/C13H15Cl3N2/c1-2-12(18-5-3-17-4-6-18)10-7-9(14)8-11(15)13(10)16/h2,7-8,12,17H,1,3-6H2/t12-/m0/s1. The van der Waals surface area contributed by atoms with Crippen LogP contribution in [0, 0.1) is 0 Å². The summed E-state index contributed by atoms with van der Waals surface area (Å²) in [6.07, 6.45) is 1.89. The van der Waals surface area contributed by atoms with E-state index < -0.39 is 0 Å². The summed E-state index contributed by atoms with van der Waals surface area (Å²) < 4.78 is 0. The normalized spacial score (nSPS) is 18.6. The van der Waals surface area contributed by atoms with E-state index in [0.29, 0.717) is 15.1 Å². The topological polar surface area (TPSA) is 15.3 Å². The van der Waals surface area contributed by atoms with Crippen molar-refractivity contribution in [1.82, 2.24) is 10.2 Å². The molecule has 1 atom stereocenters. The quantitative estimate of drug-likeness (QED) is 0.675. The third-order valence-electron chi connectivity index (χ3n) is 3.11. The maximum atomic E-state index is 6.28. The Morgan fingerprint density at radius 3 is 2.50 bits per heavy atom. The molecule has 1 fully saturated rings. The van der Waals surface area contributed by atoms with Gasteiger partial charge in [0, 0.05) is 31.2 Å². The second-order valence-electron chi connectivity index (χ2n) is 4.26. The molecule has 0 aromatic heterocycles. The number of hydrogen-bond acceptors (Lipinski definition) is 2. The van der Waals surface area contributed by atoms with Gasteiger partial charge in [0.05, 0.1) is 16.1 Å². The predicted molar refractivity (Wildman–Crippen MR) is 78.9 cm³/mol. The van der Waals surface area contributed by atoms with Gasteiger partial charge in [-0.05, 0) is 17.7 Å². The monoisotopic (exact) mass is 304 g/mol. The SMILES string of the molecule is C=C[C@@H](c1cc(Cl)cc(Cl)c1Cl)N1CCNCC1. The molecule has 1 heterocycles. The van der Waals surface area contributed by atoms with E-state index in [0.717, 1.165) is 31.7 Å². The lowest BCUT2D eigenvalue weighted by molar-refractivity contribution is 0.203. The first-order valence-corrected chi connectivity index (χ1v) is 6.98. The maximum Gasteiger partial charge on any atom is 0.0644 e. The highest BCUT2D eigenvalue weighted by Gasteiger charge is 2.22. The predicted octanol–water partition coefficient (Wildman–Crippen LogP) is 3.78. The third-order valence-corrected chi connectivity index (χ3v) is 4.14. The Kier molecular flexibility index (Phi) is 4.93. The van der Waals surface area contributed by atoms with Crippen LogP contribution in [-0.2, 0) is 0 Å². The molecule has 0 aliphatic carbocycles. The van der Waals surface area contributed by atoms with Crippen LogP contribution in [0.2, 0.25) is 15.1 Å². The second-order valence-corrected chi connectivity index (χ2v) is 5.48. The lowest BCUT2D eigenvalue weighted by Crippen LogP contribution is -2.44. The van der Waals surface area contributed by atoms with Crippen LogP contribution in [0.3, 0.4) is 0 Å². The van der Waals surface area contributed by atoms with Crippen molar-refractivity contribution in [2.45, 2.75) is 6.04 Å². The fraction of sp³-hybridized carbons (Fsp3) is 0.385. The average molecular weight is 306 g/mol. The molecule has 0 radical (unpaired) electrons. The summed E-state index contributed by atoms with van der Waals surface area (Å²) >= 11 is 18.4. The molecule has 1 aromatic carbocycles. The summed E-state index contributed by atoms with van der Waals surface area (Å²) in [5.41, 5.74) is 0.922. The molecule has 0 spiro atoms. The number of nitrogens with zero attached hydrogens (tertiary/aromatic N) is 1. The number of benzene rings is 1. The molecule has 0 unspecified atom stereocenters. The molecule has 2 rings (SSSR count). The van der Waals surface area contributed by atoms with Gasteiger partial charge in [0.15, 0.2) is 0 Å². The molecule has 5 heteroatoms. The van der Waals surface area contributed by atoms with E-state index >= 15 is 0 Å². The summed E-state index contributed by atoms with van der Waals surface area (Å²) in [5.74, 6) is 0. The van der Waals surface area contributed by atoms with Gasteiger partial charge in [0.1, 0.15) is 0 Å². The van der Waals surface area contributed by atoms with Crippen LogP contribution in [0.4, 0.5) is 0 Å². The van der Waals surface area contributed by atoms with E-state index in [2.05, 4.69) is 16.8 Å². The molecular weight excluding hydrogens is 291 g/mol.